The normalized spacial score (nSPS) is 15.2. The number of ether oxygens (including phenoxy) is 3. The number of thiocarbonyl (C=S) groups is 1. The van der Waals surface area contributed by atoms with E-state index in [4.69, 9.17) is 38.0 Å². The highest BCUT2D eigenvalue weighted by Crippen LogP contribution is 2.34. The smallest absolute Gasteiger partial charge is 0.265 e. The molecule has 1 heterocycles. The molecule has 1 fully saturated rings. The molecule has 0 bridgehead atoms. The summed E-state index contributed by atoms with van der Waals surface area (Å²) in [5.74, 6) is 1.88. The number of benzene rings is 2. The Morgan fingerprint density at radius 1 is 1.11 bits per heavy atom. The Bertz CT molecular complexity index is 915. The van der Waals surface area contributed by atoms with Crippen molar-refractivity contribution in [3.63, 3.8) is 0 Å². The fourth-order valence-electron chi connectivity index (χ4n) is 2.43. The zero-order valence-corrected chi connectivity index (χ0v) is 17.7. The van der Waals surface area contributed by atoms with Crippen molar-refractivity contribution >= 4 is 51.9 Å². The maximum Gasteiger partial charge on any atom is 0.265 e. The standard InChI is InChI=1S/C20H18ClNO4S2/c1-22-19(23)18(28-20(22)27)12-13-11-16(24-2)7-8-17(13)26-10-9-25-15-5-3-14(21)4-6-15/h3-8,11-12H,9-10H2,1-2H3. The Morgan fingerprint density at radius 2 is 1.79 bits per heavy atom. The van der Waals surface area contributed by atoms with E-state index in [0.717, 1.165) is 11.3 Å². The fraction of sp³-hybridized carbons (Fsp3) is 0.200. The van der Waals surface area contributed by atoms with Crippen LogP contribution in [0.3, 0.4) is 0 Å². The first kappa shape index (κ1) is 20.5. The van der Waals surface area contributed by atoms with Gasteiger partial charge in [0, 0.05) is 17.6 Å². The van der Waals surface area contributed by atoms with Gasteiger partial charge in [-0.1, -0.05) is 35.6 Å². The van der Waals surface area contributed by atoms with E-state index in [2.05, 4.69) is 0 Å². The highest BCUT2D eigenvalue weighted by molar-refractivity contribution is 8.26. The molecule has 0 saturated carbocycles. The molecule has 2 aromatic rings. The molecular weight excluding hydrogens is 418 g/mol. The molecule has 0 unspecified atom stereocenters. The molecule has 8 heteroatoms. The summed E-state index contributed by atoms with van der Waals surface area (Å²) < 4.78 is 17.3. The molecule has 1 aliphatic heterocycles. The molecule has 5 nitrogen and oxygen atoms in total. The van der Waals surface area contributed by atoms with E-state index in [-0.39, 0.29) is 5.91 Å². The van der Waals surface area contributed by atoms with Crippen molar-refractivity contribution in [2.24, 2.45) is 0 Å². The molecule has 146 valence electrons. The summed E-state index contributed by atoms with van der Waals surface area (Å²) >= 11 is 12.3. The number of carbonyl (C=O) groups excluding carboxylic acids is 1. The van der Waals surface area contributed by atoms with Gasteiger partial charge in [-0.15, -0.1) is 0 Å². The molecule has 0 aliphatic carbocycles. The van der Waals surface area contributed by atoms with Crippen LogP contribution in [0.4, 0.5) is 0 Å². The minimum atomic E-state index is -0.130. The quantitative estimate of drug-likeness (QED) is 0.359. The van der Waals surface area contributed by atoms with E-state index in [1.807, 2.05) is 6.07 Å². The van der Waals surface area contributed by atoms with Crippen molar-refractivity contribution < 1.29 is 19.0 Å². The minimum absolute atomic E-state index is 0.130. The van der Waals surface area contributed by atoms with Gasteiger partial charge >= 0.3 is 0 Å². The average Bonchev–Trinajstić information content (AvgIpc) is 2.94. The second-order valence-electron chi connectivity index (χ2n) is 5.80. The van der Waals surface area contributed by atoms with Gasteiger partial charge in [0.2, 0.25) is 0 Å². The molecule has 0 atom stereocenters. The highest BCUT2D eigenvalue weighted by atomic mass is 35.5. The zero-order chi connectivity index (χ0) is 20.1. The first-order chi connectivity index (χ1) is 13.5. The maximum atomic E-state index is 12.3. The van der Waals surface area contributed by atoms with Gasteiger partial charge in [-0.25, -0.2) is 0 Å². The monoisotopic (exact) mass is 435 g/mol. The molecule has 1 saturated heterocycles. The van der Waals surface area contributed by atoms with Crippen molar-refractivity contribution in [1.29, 1.82) is 0 Å². The Hall–Kier alpha value is -2.22. The summed E-state index contributed by atoms with van der Waals surface area (Å²) in [5, 5.41) is 0.656. The minimum Gasteiger partial charge on any atom is -0.497 e. The lowest BCUT2D eigenvalue weighted by atomic mass is 10.1. The van der Waals surface area contributed by atoms with Gasteiger partial charge < -0.3 is 14.2 Å². The van der Waals surface area contributed by atoms with Crippen molar-refractivity contribution in [3.05, 3.63) is 58.0 Å². The van der Waals surface area contributed by atoms with Crippen LogP contribution >= 0.6 is 35.6 Å². The highest BCUT2D eigenvalue weighted by Gasteiger charge is 2.29. The van der Waals surface area contributed by atoms with Crippen molar-refractivity contribution in [2.45, 2.75) is 0 Å². The second-order valence-corrected chi connectivity index (χ2v) is 7.91. The third-order valence-corrected chi connectivity index (χ3v) is 5.65. The predicted molar refractivity (Wildman–Crippen MR) is 116 cm³/mol. The average molecular weight is 436 g/mol. The van der Waals surface area contributed by atoms with E-state index in [9.17, 15) is 4.79 Å². The van der Waals surface area contributed by atoms with Crippen molar-refractivity contribution in [3.8, 4) is 17.2 Å². The second kappa shape index (κ2) is 9.32. The molecule has 0 radical (unpaired) electrons. The lowest BCUT2D eigenvalue weighted by Crippen LogP contribution is -2.22. The largest absolute Gasteiger partial charge is 0.497 e. The lowest BCUT2D eigenvalue weighted by molar-refractivity contribution is -0.121. The zero-order valence-electron chi connectivity index (χ0n) is 15.3. The third kappa shape index (κ3) is 4.98. The Balaban J connectivity index is 1.69. The Morgan fingerprint density at radius 3 is 2.43 bits per heavy atom. The van der Waals surface area contributed by atoms with E-state index in [1.165, 1.54) is 16.7 Å². The van der Waals surface area contributed by atoms with Crippen LogP contribution < -0.4 is 14.2 Å². The van der Waals surface area contributed by atoms with Gasteiger partial charge in [0.05, 0.1) is 12.0 Å². The summed E-state index contributed by atoms with van der Waals surface area (Å²) in [6, 6.07) is 12.6. The van der Waals surface area contributed by atoms with Crippen LogP contribution in [0.5, 0.6) is 17.2 Å². The number of likely N-dealkylation sites (N-methyl/N-ethyl adjacent to an activating group) is 1. The van der Waals surface area contributed by atoms with E-state index < -0.39 is 0 Å². The lowest BCUT2D eigenvalue weighted by Gasteiger charge is -2.12. The Kier molecular flexibility index (Phi) is 6.83. The molecule has 2 aromatic carbocycles. The molecule has 1 amide bonds. The van der Waals surface area contributed by atoms with Gasteiger partial charge in [0.25, 0.3) is 5.91 Å². The third-order valence-electron chi connectivity index (χ3n) is 3.91. The summed E-state index contributed by atoms with van der Waals surface area (Å²) in [7, 11) is 3.25. The van der Waals surface area contributed by atoms with Crippen LogP contribution in [0.25, 0.3) is 6.08 Å². The van der Waals surface area contributed by atoms with E-state index in [0.29, 0.717) is 39.0 Å². The number of thioether (sulfide) groups is 1. The van der Waals surface area contributed by atoms with Gasteiger partial charge in [-0.05, 0) is 48.5 Å². The maximum absolute atomic E-state index is 12.3. The number of hydrogen-bond acceptors (Lipinski definition) is 6. The summed E-state index contributed by atoms with van der Waals surface area (Å²) in [6.07, 6.45) is 1.76. The number of amides is 1. The molecule has 0 spiro atoms. The molecule has 1 aliphatic rings. The summed E-state index contributed by atoms with van der Waals surface area (Å²) in [5.41, 5.74) is 0.736. The number of hydrogen-bond donors (Lipinski definition) is 0. The van der Waals surface area contributed by atoms with Gasteiger partial charge in [0.1, 0.15) is 34.8 Å². The van der Waals surface area contributed by atoms with E-state index in [1.54, 1.807) is 56.6 Å². The van der Waals surface area contributed by atoms with Crippen molar-refractivity contribution in [1.82, 2.24) is 4.90 Å². The molecule has 0 aromatic heterocycles. The van der Waals surface area contributed by atoms with Crippen LogP contribution in [0.15, 0.2) is 47.4 Å². The number of methoxy groups -OCH3 is 1. The number of nitrogens with zero attached hydrogens (tertiary/aromatic N) is 1. The molecule has 3 rings (SSSR count). The number of carbonyl (C=O) groups is 1. The summed E-state index contributed by atoms with van der Waals surface area (Å²) in [4.78, 5) is 14.3. The van der Waals surface area contributed by atoms with Crippen LogP contribution in [0, 0.1) is 0 Å². The van der Waals surface area contributed by atoms with Gasteiger partial charge in [0.15, 0.2) is 0 Å². The topological polar surface area (TPSA) is 48.0 Å². The molecule has 28 heavy (non-hydrogen) atoms. The van der Waals surface area contributed by atoms with Crippen molar-refractivity contribution in [2.75, 3.05) is 27.4 Å². The van der Waals surface area contributed by atoms with Crippen LogP contribution in [-0.4, -0.2) is 42.5 Å². The van der Waals surface area contributed by atoms with E-state index >= 15 is 0 Å². The van der Waals surface area contributed by atoms with Gasteiger partial charge in [-0.3, -0.25) is 9.69 Å². The molecular formula is C20H18ClNO4S2. The Labute approximate surface area is 178 Å². The van der Waals surface area contributed by atoms with Gasteiger partial charge in [-0.2, -0.15) is 0 Å². The van der Waals surface area contributed by atoms with Crippen LogP contribution in [0.2, 0.25) is 5.02 Å². The fourth-order valence-corrected chi connectivity index (χ4v) is 3.72. The predicted octanol–water partition coefficient (Wildman–Crippen LogP) is 4.64. The summed E-state index contributed by atoms with van der Waals surface area (Å²) in [6.45, 7) is 0.703. The first-order valence-electron chi connectivity index (χ1n) is 8.38. The van der Waals surface area contributed by atoms with Crippen LogP contribution in [-0.2, 0) is 4.79 Å². The number of rotatable bonds is 7. The SMILES string of the molecule is COc1ccc(OCCOc2ccc(Cl)cc2)c(C=C2SC(=S)N(C)C2=O)c1. The first-order valence-corrected chi connectivity index (χ1v) is 9.99. The number of halogens is 1. The van der Waals surface area contributed by atoms with Crippen LogP contribution in [0.1, 0.15) is 5.56 Å². The molecule has 0 N–H and O–H groups in total.